The average Bonchev–Trinajstić information content (AvgIpc) is 4.13. The zero-order chi connectivity index (χ0) is 51.3. The standard InChI is InChI=1S/C66H69BN4O2/c1-42(2)53-23-17-24-54(43(3)4)61(53)70-37-35-68-63(70)48-31-27-46(28-32-48)57-19-13-15-21-59(57)50-39-51(41-52(40-50)67-72-65(9,10)66(11,12)73-67)60-22-16-14-20-58(60)47-29-33-49(34-30-47)64-69-36-38-71(64)62-55(44(5)6)25-18-26-56(62)45(7)8/h13-45H,1-12H3. The van der Waals surface area contributed by atoms with E-state index in [1.807, 2.05) is 12.4 Å². The fourth-order valence-electron chi connectivity index (χ4n) is 10.6. The molecule has 0 aliphatic carbocycles. The maximum absolute atomic E-state index is 6.79. The maximum atomic E-state index is 6.79. The van der Waals surface area contributed by atoms with Crippen LogP contribution in [0.5, 0.6) is 0 Å². The third-order valence-electron chi connectivity index (χ3n) is 15.3. The largest absolute Gasteiger partial charge is 0.494 e. The van der Waals surface area contributed by atoms with E-state index in [0.29, 0.717) is 23.7 Å². The van der Waals surface area contributed by atoms with Gasteiger partial charge in [-0.15, -0.1) is 0 Å². The molecule has 0 unspecified atom stereocenters. The van der Waals surface area contributed by atoms with E-state index in [2.05, 4.69) is 256 Å². The Morgan fingerprint density at radius 3 is 1.03 bits per heavy atom. The zero-order valence-corrected chi connectivity index (χ0v) is 44.7. The zero-order valence-electron chi connectivity index (χ0n) is 44.7. The van der Waals surface area contributed by atoms with Crippen LogP contribution >= 0.6 is 0 Å². The highest BCUT2D eigenvalue weighted by Gasteiger charge is 2.52. The molecule has 73 heavy (non-hydrogen) atoms. The van der Waals surface area contributed by atoms with Gasteiger partial charge < -0.3 is 9.31 Å². The van der Waals surface area contributed by atoms with Crippen molar-refractivity contribution in [2.45, 2.75) is 118 Å². The second-order valence-corrected chi connectivity index (χ2v) is 22.1. The van der Waals surface area contributed by atoms with Crippen LogP contribution in [0.1, 0.15) is 129 Å². The molecule has 10 rings (SSSR count). The summed E-state index contributed by atoms with van der Waals surface area (Å²) in [6, 6.07) is 55.5. The van der Waals surface area contributed by atoms with Crippen LogP contribution in [0.2, 0.25) is 0 Å². The summed E-state index contributed by atoms with van der Waals surface area (Å²) in [5.74, 6) is 3.33. The predicted molar refractivity (Wildman–Crippen MR) is 305 cm³/mol. The first-order valence-electron chi connectivity index (χ1n) is 26.3. The van der Waals surface area contributed by atoms with Crippen LogP contribution in [0.25, 0.3) is 78.7 Å². The first kappa shape index (κ1) is 49.5. The third-order valence-corrected chi connectivity index (χ3v) is 15.3. The quantitative estimate of drug-likeness (QED) is 0.108. The van der Waals surface area contributed by atoms with Gasteiger partial charge in [-0.1, -0.05) is 201 Å². The molecule has 1 saturated heterocycles. The molecule has 0 bridgehead atoms. The highest BCUT2D eigenvalue weighted by atomic mass is 16.7. The Balaban J connectivity index is 1.04. The molecule has 0 saturated carbocycles. The van der Waals surface area contributed by atoms with Crippen molar-refractivity contribution in [2.75, 3.05) is 0 Å². The number of hydrogen-bond donors (Lipinski definition) is 0. The van der Waals surface area contributed by atoms with E-state index in [1.165, 1.54) is 33.6 Å². The van der Waals surface area contributed by atoms with Crippen LogP contribution in [-0.2, 0) is 9.31 Å². The molecule has 2 aromatic heterocycles. The van der Waals surface area contributed by atoms with Crippen molar-refractivity contribution >= 4 is 12.6 Å². The Labute approximate surface area is 434 Å². The minimum atomic E-state index is -0.553. The van der Waals surface area contributed by atoms with E-state index in [4.69, 9.17) is 19.3 Å². The van der Waals surface area contributed by atoms with Crippen molar-refractivity contribution < 1.29 is 9.31 Å². The molecule has 7 heteroatoms. The molecule has 1 aliphatic heterocycles. The summed E-state index contributed by atoms with van der Waals surface area (Å²) in [5.41, 5.74) is 18.8. The van der Waals surface area contributed by atoms with Crippen molar-refractivity contribution in [3.63, 3.8) is 0 Å². The third kappa shape index (κ3) is 9.34. The fourth-order valence-corrected chi connectivity index (χ4v) is 10.6. The molecule has 0 spiro atoms. The van der Waals surface area contributed by atoms with Crippen molar-refractivity contribution in [1.82, 2.24) is 19.1 Å². The molecule has 1 aliphatic rings. The lowest BCUT2D eigenvalue weighted by Crippen LogP contribution is -2.41. The average molecular weight is 961 g/mol. The smallest absolute Gasteiger partial charge is 0.399 e. The van der Waals surface area contributed by atoms with E-state index >= 15 is 0 Å². The molecule has 3 heterocycles. The Morgan fingerprint density at radius 2 is 0.699 bits per heavy atom. The molecule has 0 radical (unpaired) electrons. The van der Waals surface area contributed by atoms with Gasteiger partial charge in [0.1, 0.15) is 11.6 Å². The van der Waals surface area contributed by atoms with Crippen LogP contribution in [0.15, 0.2) is 176 Å². The fraction of sp³-hybridized carbons (Fsp3) is 0.273. The normalized spacial score (nSPS) is 14.3. The predicted octanol–water partition coefficient (Wildman–Crippen LogP) is 16.9. The molecule has 0 N–H and O–H groups in total. The summed E-state index contributed by atoms with van der Waals surface area (Å²) in [6.45, 7) is 26.6. The second-order valence-electron chi connectivity index (χ2n) is 22.1. The van der Waals surface area contributed by atoms with Gasteiger partial charge in [-0.2, -0.15) is 0 Å². The molecule has 0 atom stereocenters. The van der Waals surface area contributed by atoms with Crippen molar-refractivity contribution in [1.29, 1.82) is 0 Å². The Hall–Kier alpha value is -7.06. The first-order chi connectivity index (χ1) is 35.0. The van der Waals surface area contributed by atoms with Gasteiger partial charge in [-0.25, -0.2) is 9.97 Å². The number of imidazole rings is 2. The number of para-hydroxylation sites is 2. The van der Waals surface area contributed by atoms with Crippen LogP contribution in [0.4, 0.5) is 0 Å². The van der Waals surface area contributed by atoms with Gasteiger partial charge >= 0.3 is 7.12 Å². The van der Waals surface area contributed by atoms with E-state index in [-0.39, 0.29) is 0 Å². The van der Waals surface area contributed by atoms with Gasteiger partial charge in [0.15, 0.2) is 0 Å². The lowest BCUT2D eigenvalue weighted by Gasteiger charge is -2.32. The number of benzene rings is 7. The SMILES string of the molecule is CC(C)c1cccc(C(C)C)c1-n1ccnc1-c1ccc(-c2ccccc2-c2cc(B3OC(C)(C)C(C)(C)O3)cc(-c3ccccc3-c3ccc(-c4nccn4-c4c(C(C)C)cccc4C(C)C)cc3)c2)cc1. The van der Waals surface area contributed by atoms with Gasteiger partial charge in [0, 0.05) is 35.9 Å². The van der Waals surface area contributed by atoms with Crippen molar-refractivity contribution in [3.05, 3.63) is 199 Å². The number of aromatic nitrogens is 4. The summed E-state index contributed by atoms with van der Waals surface area (Å²) < 4.78 is 18.1. The molecular formula is C66H69BN4O2. The molecular weight excluding hydrogens is 892 g/mol. The topological polar surface area (TPSA) is 54.1 Å². The van der Waals surface area contributed by atoms with Crippen molar-refractivity contribution in [2.24, 2.45) is 0 Å². The molecule has 0 amide bonds. The Bertz CT molecular complexity index is 3150. The summed E-state index contributed by atoms with van der Waals surface area (Å²) in [7, 11) is -0.553. The van der Waals surface area contributed by atoms with E-state index in [1.54, 1.807) is 0 Å². The second kappa shape index (κ2) is 19.8. The lowest BCUT2D eigenvalue weighted by atomic mass is 9.75. The maximum Gasteiger partial charge on any atom is 0.494 e. The van der Waals surface area contributed by atoms with Crippen LogP contribution in [0.3, 0.4) is 0 Å². The number of rotatable bonds is 13. The Morgan fingerprint density at radius 1 is 0.384 bits per heavy atom. The Kier molecular flexibility index (Phi) is 13.4. The number of nitrogens with zero attached hydrogens (tertiary/aromatic N) is 4. The van der Waals surface area contributed by atoms with E-state index in [0.717, 1.165) is 72.7 Å². The minimum Gasteiger partial charge on any atom is -0.399 e. The van der Waals surface area contributed by atoms with Crippen LogP contribution in [0, 0.1) is 0 Å². The molecule has 7 aromatic carbocycles. The van der Waals surface area contributed by atoms with Gasteiger partial charge in [-0.05, 0) is 130 Å². The van der Waals surface area contributed by atoms with Gasteiger partial charge in [0.2, 0.25) is 0 Å². The minimum absolute atomic E-state index is 0.367. The lowest BCUT2D eigenvalue weighted by molar-refractivity contribution is 0.00578. The highest BCUT2D eigenvalue weighted by Crippen LogP contribution is 2.42. The van der Waals surface area contributed by atoms with E-state index in [9.17, 15) is 0 Å². The number of hydrogen-bond acceptors (Lipinski definition) is 4. The summed E-state index contributed by atoms with van der Waals surface area (Å²) in [6.07, 6.45) is 8.06. The first-order valence-corrected chi connectivity index (χ1v) is 26.3. The van der Waals surface area contributed by atoms with Gasteiger partial charge in [0.25, 0.3) is 0 Å². The summed E-state index contributed by atoms with van der Waals surface area (Å²) in [4.78, 5) is 9.90. The molecule has 1 fully saturated rings. The molecule has 9 aromatic rings. The van der Waals surface area contributed by atoms with E-state index < -0.39 is 18.3 Å². The van der Waals surface area contributed by atoms with Crippen molar-refractivity contribution in [3.8, 4) is 78.7 Å². The highest BCUT2D eigenvalue weighted by molar-refractivity contribution is 6.62. The summed E-state index contributed by atoms with van der Waals surface area (Å²) >= 11 is 0. The van der Waals surface area contributed by atoms with Gasteiger partial charge in [-0.3, -0.25) is 9.13 Å². The monoisotopic (exact) mass is 961 g/mol. The molecule has 368 valence electrons. The van der Waals surface area contributed by atoms with Gasteiger partial charge in [0.05, 0.1) is 22.6 Å². The van der Waals surface area contributed by atoms with Crippen LogP contribution in [-0.4, -0.2) is 37.4 Å². The molecule has 6 nitrogen and oxygen atoms in total. The van der Waals surface area contributed by atoms with Crippen LogP contribution < -0.4 is 5.46 Å². The summed E-state index contributed by atoms with van der Waals surface area (Å²) in [5, 5.41) is 0.